The summed E-state index contributed by atoms with van der Waals surface area (Å²) in [4.78, 5) is 0. The summed E-state index contributed by atoms with van der Waals surface area (Å²) in [6.45, 7) is -1.39. The van der Waals surface area contributed by atoms with E-state index in [0.29, 0.717) is 0 Å². The van der Waals surface area contributed by atoms with Crippen molar-refractivity contribution in [3.05, 3.63) is 0 Å². The highest BCUT2D eigenvalue weighted by molar-refractivity contribution is 7.97. The molecule has 10 nitrogen and oxygen atoms in total. The lowest BCUT2D eigenvalue weighted by molar-refractivity contribution is -0.0583. The predicted molar refractivity (Wildman–Crippen MR) is 75.5 cm³/mol. The van der Waals surface area contributed by atoms with E-state index >= 15 is 0 Å². The van der Waals surface area contributed by atoms with E-state index in [2.05, 4.69) is 4.18 Å². The number of hydrogen-bond acceptors (Lipinski definition) is 9. The van der Waals surface area contributed by atoms with Gasteiger partial charge in [0.1, 0.15) is 42.0 Å². The molecular weight excluding hydrogens is 344 g/mol. The first kappa shape index (κ1) is 20.0. The average Bonchev–Trinajstić information content (AvgIpc) is 2.68. The molecule has 0 aromatic rings. The second-order valence-corrected chi connectivity index (χ2v) is 8.35. The normalized spacial score (nSPS) is 33.6. The van der Waals surface area contributed by atoms with E-state index in [0.717, 1.165) is 0 Å². The van der Waals surface area contributed by atoms with Crippen molar-refractivity contribution in [3.63, 3.8) is 0 Å². The fraction of sp³-hybridized carbons (Fsp3) is 1.00. The van der Waals surface area contributed by atoms with Gasteiger partial charge in [-0.2, -0.15) is 8.42 Å². The minimum Gasteiger partial charge on any atom is -0.394 e. The Bertz CT molecular complexity index is 443. The van der Waals surface area contributed by atoms with Crippen LogP contribution < -0.4 is 0 Å². The first-order valence-corrected chi connectivity index (χ1v) is 9.35. The molecule has 0 aromatic heterocycles. The highest BCUT2D eigenvalue weighted by Crippen LogP contribution is 2.25. The second-order valence-electron chi connectivity index (χ2n) is 4.95. The Morgan fingerprint density at radius 1 is 1.23 bits per heavy atom. The zero-order chi connectivity index (χ0) is 17.1. The summed E-state index contributed by atoms with van der Waals surface area (Å²) in [5.74, 6) is -0.0367. The van der Waals surface area contributed by atoms with Gasteiger partial charge in [-0.1, -0.05) is 0 Å². The third kappa shape index (κ3) is 5.26. The third-order valence-corrected chi connectivity index (χ3v) is 6.67. The maximum atomic E-state index is 10.6. The minimum absolute atomic E-state index is 0.110. The summed E-state index contributed by atoms with van der Waals surface area (Å²) in [5, 5.41) is 56.4. The van der Waals surface area contributed by atoms with Gasteiger partial charge in [0.05, 0.1) is 13.2 Å². The topological polar surface area (TPSA) is 185 Å². The molecule has 1 heterocycles. The second kappa shape index (κ2) is 8.19. The minimum atomic E-state index is -4.92. The molecule has 0 saturated carbocycles. The Morgan fingerprint density at radius 2 is 1.82 bits per heavy atom. The molecule has 0 radical (unpaired) electrons. The fourth-order valence-corrected chi connectivity index (χ4v) is 5.38. The van der Waals surface area contributed by atoms with E-state index in [1.165, 1.54) is 0 Å². The number of hydrogen-bond donors (Lipinski definition) is 7. The van der Waals surface area contributed by atoms with E-state index in [1.807, 2.05) is 0 Å². The third-order valence-electron chi connectivity index (χ3n) is 3.35. The molecule has 0 aromatic carbocycles. The average molecular weight is 365 g/mol. The zero-order valence-corrected chi connectivity index (χ0v) is 13.1. The Morgan fingerprint density at radius 3 is 2.27 bits per heavy atom. The van der Waals surface area contributed by atoms with Gasteiger partial charge in [-0.25, -0.2) is 4.18 Å². The van der Waals surface area contributed by atoms with E-state index in [1.54, 1.807) is 0 Å². The van der Waals surface area contributed by atoms with Crippen LogP contribution >= 0.6 is 0 Å². The van der Waals surface area contributed by atoms with Crippen LogP contribution in [-0.4, -0.2) is 104 Å². The summed E-state index contributed by atoms with van der Waals surface area (Å²) in [6.07, 6.45) is -7.35. The summed E-state index contributed by atoms with van der Waals surface area (Å²) in [5.41, 5.74) is 0. The van der Waals surface area contributed by atoms with Crippen LogP contribution in [-0.2, 0) is 25.5 Å². The van der Waals surface area contributed by atoms with Gasteiger partial charge in [-0.3, -0.25) is 4.55 Å². The van der Waals surface area contributed by atoms with Crippen LogP contribution in [0, 0.1) is 0 Å². The van der Waals surface area contributed by atoms with Gasteiger partial charge in [-0.05, 0) is 0 Å². The monoisotopic (exact) mass is 365 g/mol. The van der Waals surface area contributed by atoms with Gasteiger partial charge in [0.2, 0.25) is 0 Å². The summed E-state index contributed by atoms with van der Waals surface area (Å²) in [7, 11) is -5.75. The van der Waals surface area contributed by atoms with Crippen molar-refractivity contribution in [1.82, 2.24) is 0 Å². The van der Waals surface area contributed by atoms with Crippen LogP contribution in [0.2, 0.25) is 0 Å². The molecule has 1 aliphatic rings. The van der Waals surface area contributed by atoms with Crippen LogP contribution in [0.25, 0.3) is 0 Å². The lowest BCUT2D eigenvalue weighted by atomic mass is 10.1. The summed E-state index contributed by atoms with van der Waals surface area (Å²) >= 11 is 0. The Hall–Kier alpha value is -0.0200. The number of aliphatic hydroxyl groups is 6. The molecule has 132 valence electrons. The lowest BCUT2D eigenvalue weighted by Crippen LogP contribution is -2.47. The first-order chi connectivity index (χ1) is 10.1. The number of aliphatic hydroxyl groups excluding tert-OH is 6. The van der Waals surface area contributed by atoms with Crippen molar-refractivity contribution < 1.29 is 47.8 Å². The van der Waals surface area contributed by atoms with Crippen molar-refractivity contribution in [2.75, 3.05) is 24.7 Å². The Balaban J connectivity index is 2.68. The highest BCUT2D eigenvalue weighted by atomic mass is 32.3. The molecular formula is C10H21O10S2+. The van der Waals surface area contributed by atoms with Crippen molar-refractivity contribution in [2.24, 2.45) is 0 Å². The molecule has 0 amide bonds. The van der Waals surface area contributed by atoms with Crippen LogP contribution in [0.1, 0.15) is 0 Å². The van der Waals surface area contributed by atoms with Crippen LogP contribution in [0.5, 0.6) is 0 Å². The van der Waals surface area contributed by atoms with E-state index in [9.17, 15) is 34.0 Å². The number of rotatable bonds is 8. The van der Waals surface area contributed by atoms with Crippen molar-refractivity contribution >= 4 is 21.3 Å². The van der Waals surface area contributed by atoms with Gasteiger partial charge in [0.15, 0.2) is 5.25 Å². The highest BCUT2D eigenvalue weighted by Gasteiger charge is 2.51. The zero-order valence-electron chi connectivity index (χ0n) is 11.5. The first-order valence-electron chi connectivity index (χ1n) is 6.36. The van der Waals surface area contributed by atoms with Crippen LogP contribution in [0.15, 0.2) is 0 Å². The molecule has 1 aliphatic heterocycles. The molecule has 1 fully saturated rings. The van der Waals surface area contributed by atoms with E-state index in [4.69, 9.17) is 9.66 Å². The van der Waals surface area contributed by atoms with Gasteiger partial charge in [0.25, 0.3) is 0 Å². The fourth-order valence-electron chi connectivity index (χ4n) is 2.21. The van der Waals surface area contributed by atoms with Crippen molar-refractivity contribution in [2.45, 2.75) is 35.8 Å². The van der Waals surface area contributed by atoms with Crippen molar-refractivity contribution in [1.29, 1.82) is 0 Å². The SMILES string of the molecule is O=S(=O)(O)O[C@H](CO)[C@H](O)[C@@H](O)C[S+]1C[C@@H](O)[C@H](O)[C@H]1CO. The van der Waals surface area contributed by atoms with Gasteiger partial charge in [0, 0.05) is 10.9 Å². The van der Waals surface area contributed by atoms with E-state index in [-0.39, 0.29) is 11.5 Å². The largest absolute Gasteiger partial charge is 0.397 e. The summed E-state index contributed by atoms with van der Waals surface area (Å²) < 4.78 is 33.8. The van der Waals surface area contributed by atoms with Gasteiger partial charge in [-0.15, -0.1) is 0 Å². The van der Waals surface area contributed by atoms with Gasteiger partial charge < -0.3 is 30.6 Å². The molecule has 1 saturated heterocycles. The maximum Gasteiger partial charge on any atom is 0.397 e. The van der Waals surface area contributed by atoms with E-state index < -0.39 is 70.3 Å². The van der Waals surface area contributed by atoms with Gasteiger partial charge >= 0.3 is 10.4 Å². The standard InChI is InChI=1S/C10H20O10S2/c11-1-7(20-22(17,18)19)9(15)5(13)3-21-4-6(14)10(16)8(21)2-12/h5-16H,1-4H2/p+1/t5-,6+,7+,8+,9+,10-,21?/m0/s1. The molecule has 7 N–H and O–H groups in total. The van der Waals surface area contributed by atoms with Crippen molar-refractivity contribution in [3.8, 4) is 0 Å². The molecule has 0 aliphatic carbocycles. The molecule has 1 rings (SSSR count). The summed E-state index contributed by atoms with van der Waals surface area (Å²) in [6, 6.07) is 0. The molecule has 0 bridgehead atoms. The molecule has 0 spiro atoms. The quantitative estimate of drug-likeness (QED) is 0.164. The smallest absolute Gasteiger partial charge is 0.394 e. The molecule has 22 heavy (non-hydrogen) atoms. The molecule has 12 heteroatoms. The maximum absolute atomic E-state index is 10.6. The lowest BCUT2D eigenvalue weighted by Gasteiger charge is -2.24. The molecule has 7 atom stereocenters. The molecule has 1 unspecified atom stereocenters. The van der Waals surface area contributed by atoms with Crippen LogP contribution in [0.4, 0.5) is 0 Å². The Labute approximate surface area is 130 Å². The van der Waals surface area contributed by atoms with Crippen LogP contribution in [0.3, 0.4) is 0 Å². The Kier molecular flexibility index (Phi) is 7.45. The predicted octanol–water partition coefficient (Wildman–Crippen LogP) is -4.40.